The largest absolute Gasteiger partial charge is 0.356 e. The van der Waals surface area contributed by atoms with E-state index in [0.29, 0.717) is 0 Å². The van der Waals surface area contributed by atoms with Crippen molar-refractivity contribution in [2.24, 2.45) is 5.92 Å². The first kappa shape index (κ1) is 24.3. The van der Waals surface area contributed by atoms with E-state index in [2.05, 4.69) is 33.9 Å². The molecule has 0 unspecified atom stereocenters. The van der Waals surface area contributed by atoms with Crippen LogP contribution in [0.15, 0.2) is 41.6 Å². The van der Waals surface area contributed by atoms with E-state index in [-0.39, 0.29) is 28.2 Å². The van der Waals surface area contributed by atoms with Gasteiger partial charge in [-0.1, -0.05) is 37.6 Å². The molecule has 174 valence electrons. The van der Waals surface area contributed by atoms with Crippen LogP contribution in [0.5, 0.6) is 0 Å². The minimum atomic E-state index is -3.53. The molecule has 1 aromatic carbocycles. The van der Waals surface area contributed by atoms with Crippen LogP contribution in [0.1, 0.15) is 56.4 Å². The van der Waals surface area contributed by atoms with E-state index in [4.69, 9.17) is 0 Å². The average molecular weight is 464 g/mol. The number of nitrogens with zero attached hydrogens (tertiary/aromatic N) is 3. The lowest BCUT2D eigenvalue weighted by Gasteiger charge is -2.42. The van der Waals surface area contributed by atoms with Crippen LogP contribution in [-0.4, -0.2) is 37.2 Å². The molecule has 5 nitrogen and oxygen atoms in total. The second-order valence-corrected chi connectivity index (χ2v) is 10.7. The zero-order chi connectivity index (χ0) is 23.5. The van der Waals surface area contributed by atoms with Gasteiger partial charge in [-0.2, -0.15) is 0 Å². The van der Waals surface area contributed by atoms with Gasteiger partial charge in [0.05, 0.1) is 16.3 Å². The van der Waals surface area contributed by atoms with E-state index in [1.165, 1.54) is 24.3 Å². The smallest absolute Gasteiger partial charge is 0.270 e. The van der Waals surface area contributed by atoms with Gasteiger partial charge in [0.15, 0.2) is 9.84 Å². The first-order valence-electron chi connectivity index (χ1n) is 10.9. The van der Waals surface area contributed by atoms with Crippen LogP contribution in [0.4, 0.5) is 14.6 Å². The highest BCUT2D eigenvalue weighted by Gasteiger charge is 2.36. The Morgan fingerprint density at radius 2 is 1.84 bits per heavy atom. The monoisotopic (exact) mass is 463 g/mol. The maximum Gasteiger partial charge on any atom is 0.270 e. The third-order valence-electron chi connectivity index (χ3n) is 6.07. The van der Waals surface area contributed by atoms with Gasteiger partial charge in [-0.05, 0) is 44.2 Å². The van der Waals surface area contributed by atoms with E-state index >= 15 is 0 Å². The van der Waals surface area contributed by atoms with Crippen molar-refractivity contribution < 1.29 is 17.2 Å². The van der Waals surface area contributed by atoms with Crippen molar-refractivity contribution in [3.63, 3.8) is 0 Å². The van der Waals surface area contributed by atoms with Crippen molar-refractivity contribution in [3.8, 4) is 0 Å². The number of hydrogen-bond acceptors (Lipinski definition) is 5. The van der Waals surface area contributed by atoms with Crippen molar-refractivity contribution in [1.82, 2.24) is 9.97 Å². The van der Waals surface area contributed by atoms with Crippen LogP contribution < -0.4 is 4.90 Å². The van der Waals surface area contributed by atoms with Crippen LogP contribution in [0.25, 0.3) is 6.08 Å². The second kappa shape index (κ2) is 9.65. The van der Waals surface area contributed by atoms with Crippen molar-refractivity contribution >= 4 is 21.7 Å². The molecule has 32 heavy (non-hydrogen) atoms. The first-order valence-corrected chi connectivity index (χ1v) is 12.6. The number of aryl methyl sites for hydroxylation is 1. The Hall–Kier alpha value is -2.35. The molecule has 0 spiro atoms. The van der Waals surface area contributed by atoms with Gasteiger partial charge in [0.25, 0.3) is 5.92 Å². The second-order valence-electron chi connectivity index (χ2n) is 8.68. The lowest BCUT2D eigenvalue weighted by Crippen LogP contribution is -2.45. The Morgan fingerprint density at radius 3 is 2.44 bits per heavy atom. The van der Waals surface area contributed by atoms with Gasteiger partial charge in [-0.25, -0.2) is 27.2 Å². The SMILES string of the molecule is CCC/C=C\c1c(C)ncnc1N(C)C1CC(CS(=O)(=O)c2ccc(C(C)(F)F)cc2)C1. The van der Waals surface area contributed by atoms with Gasteiger partial charge in [0.2, 0.25) is 0 Å². The standard InChI is InChI=1S/C24H31F2N3O2S/c1-5-6-7-8-22-17(2)27-16-28-23(22)29(4)20-13-18(14-20)15-32(30,31)21-11-9-19(10-12-21)24(3,25)26/h7-12,16,18,20H,5-6,13-15H2,1-4H3/b8-7-. The quantitative estimate of drug-likeness (QED) is 0.498. The number of hydrogen-bond donors (Lipinski definition) is 0. The van der Waals surface area contributed by atoms with Crippen LogP contribution in [0.3, 0.4) is 0 Å². The summed E-state index contributed by atoms with van der Waals surface area (Å²) in [6, 6.07) is 5.14. The molecule has 1 saturated carbocycles. The van der Waals surface area contributed by atoms with Crippen molar-refractivity contribution in [2.75, 3.05) is 17.7 Å². The summed E-state index contributed by atoms with van der Waals surface area (Å²) in [6.45, 7) is 4.88. The number of rotatable bonds is 9. The molecular weight excluding hydrogens is 432 g/mol. The van der Waals surface area contributed by atoms with E-state index in [0.717, 1.165) is 49.7 Å². The number of anilines is 1. The molecule has 1 aromatic heterocycles. The fraction of sp³-hybridized carbons (Fsp3) is 0.500. The number of benzene rings is 1. The number of alkyl halides is 2. The molecule has 2 aromatic rings. The molecule has 0 N–H and O–H groups in total. The Labute approximate surface area is 189 Å². The third kappa shape index (κ3) is 5.52. The van der Waals surface area contributed by atoms with E-state index in [1.807, 2.05) is 14.0 Å². The van der Waals surface area contributed by atoms with Crippen molar-refractivity contribution in [1.29, 1.82) is 0 Å². The summed E-state index contributed by atoms with van der Waals surface area (Å²) < 4.78 is 52.3. The molecule has 1 heterocycles. The number of unbranched alkanes of at least 4 members (excludes halogenated alkanes) is 1. The molecule has 0 saturated heterocycles. The lowest BCUT2D eigenvalue weighted by atomic mass is 9.80. The molecule has 1 aliphatic rings. The Morgan fingerprint density at radius 1 is 1.19 bits per heavy atom. The molecule has 0 atom stereocenters. The molecular formula is C24H31F2N3O2S. The summed E-state index contributed by atoms with van der Waals surface area (Å²) in [7, 11) is -1.54. The van der Waals surface area contributed by atoms with Gasteiger partial charge < -0.3 is 4.90 Å². The summed E-state index contributed by atoms with van der Waals surface area (Å²) in [4.78, 5) is 11.0. The van der Waals surface area contributed by atoms with Crippen LogP contribution in [0.2, 0.25) is 0 Å². The molecule has 0 aliphatic heterocycles. The van der Waals surface area contributed by atoms with Crippen LogP contribution in [0, 0.1) is 12.8 Å². The van der Waals surface area contributed by atoms with Crippen LogP contribution >= 0.6 is 0 Å². The highest BCUT2D eigenvalue weighted by Crippen LogP contribution is 2.37. The van der Waals surface area contributed by atoms with Crippen molar-refractivity contribution in [2.45, 2.75) is 63.3 Å². The number of allylic oxidation sites excluding steroid dienone is 1. The van der Waals surface area contributed by atoms with Gasteiger partial charge in [-0.15, -0.1) is 0 Å². The zero-order valence-corrected chi connectivity index (χ0v) is 19.9. The summed E-state index contributed by atoms with van der Waals surface area (Å²) in [5.74, 6) is -2.09. The minimum Gasteiger partial charge on any atom is -0.356 e. The summed E-state index contributed by atoms with van der Waals surface area (Å²) in [5, 5.41) is 0. The van der Waals surface area contributed by atoms with Gasteiger partial charge in [0, 0.05) is 31.1 Å². The Balaban J connectivity index is 1.64. The molecule has 8 heteroatoms. The number of halogens is 2. The minimum absolute atomic E-state index is 0.0191. The maximum absolute atomic E-state index is 13.4. The molecule has 0 bridgehead atoms. The predicted molar refractivity (Wildman–Crippen MR) is 124 cm³/mol. The van der Waals surface area contributed by atoms with E-state index in [9.17, 15) is 17.2 Å². The third-order valence-corrected chi connectivity index (χ3v) is 7.97. The number of sulfone groups is 1. The summed E-state index contributed by atoms with van der Waals surface area (Å²) >= 11 is 0. The normalized spacial score (nSPS) is 19.2. The molecule has 0 amide bonds. The van der Waals surface area contributed by atoms with E-state index < -0.39 is 15.8 Å². The molecule has 3 rings (SSSR count). The maximum atomic E-state index is 13.4. The van der Waals surface area contributed by atoms with Gasteiger partial charge in [0.1, 0.15) is 12.1 Å². The first-order chi connectivity index (χ1) is 15.0. The van der Waals surface area contributed by atoms with Crippen LogP contribution in [-0.2, 0) is 15.8 Å². The lowest BCUT2D eigenvalue weighted by molar-refractivity contribution is 0.0174. The van der Waals surface area contributed by atoms with Gasteiger partial charge >= 0.3 is 0 Å². The Bertz CT molecular complexity index is 1060. The zero-order valence-electron chi connectivity index (χ0n) is 19.1. The Kier molecular flexibility index (Phi) is 7.32. The van der Waals surface area contributed by atoms with Gasteiger partial charge in [-0.3, -0.25) is 0 Å². The van der Waals surface area contributed by atoms with E-state index in [1.54, 1.807) is 6.33 Å². The molecule has 1 fully saturated rings. The fourth-order valence-electron chi connectivity index (χ4n) is 4.00. The molecule has 0 radical (unpaired) electrons. The average Bonchev–Trinajstić information content (AvgIpc) is 2.70. The predicted octanol–water partition coefficient (Wildman–Crippen LogP) is 5.40. The molecule has 1 aliphatic carbocycles. The van der Waals surface area contributed by atoms with Crippen molar-refractivity contribution in [3.05, 3.63) is 53.5 Å². The highest BCUT2D eigenvalue weighted by atomic mass is 32.2. The fourth-order valence-corrected chi connectivity index (χ4v) is 5.64. The number of aromatic nitrogens is 2. The summed E-state index contributed by atoms with van der Waals surface area (Å²) in [5.41, 5.74) is 1.71. The topological polar surface area (TPSA) is 63.2 Å². The summed E-state index contributed by atoms with van der Waals surface area (Å²) in [6.07, 6.45) is 9.27. The highest BCUT2D eigenvalue weighted by molar-refractivity contribution is 7.91.